The van der Waals surface area contributed by atoms with E-state index in [1.165, 1.54) is 6.07 Å². The van der Waals surface area contributed by atoms with Gasteiger partial charge in [-0.05, 0) is 13.0 Å². The van der Waals surface area contributed by atoms with Crippen LogP contribution < -0.4 is 0 Å². The zero-order chi connectivity index (χ0) is 10.3. The van der Waals surface area contributed by atoms with Crippen LogP contribution in [0.2, 0.25) is 5.15 Å². The number of carbonyl (C=O) groups is 1. The van der Waals surface area contributed by atoms with E-state index >= 15 is 0 Å². The van der Waals surface area contributed by atoms with Crippen molar-refractivity contribution in [3.8, 4) is 0 Å². The van der Waals surface area contributed by atoms with Gasteiger partial charge in [-0.1, -0.05) is 11.6 Å². The average Bonchev–Trinajstić information content (AvgIpc) is 2.47. The maximum Gasteiger partial charge on any atom is 0.352 e. The number of carboxylic acid groups (broad SMARTS) is 1. The summed E-state index contributed by atoms with van der Waals surface area (Å²) in [5.74, 6) is -0.544. The number of nitrogens with one attached hydrogen (secondary N) is 1. The lowest BCUT2D eigenvalue weighted by Gasteiger charge is -1.93. The van der Waals surface area contributed by atoms with Crippen LogP contribution in [-0.4, -0.2) is 26.0 Å². The SMILES string of the molecule is Cc1nc(Cl)c2cc(C(=O)O)[nH]c2n1. The number of aromatic carboxylic acids is 1. The normalized spacial score (nSPS) is 10.7. The van der Waals surface area contributed by atoms with E-state index in [0.717, 1.165) is 0 Å². The van der Waals surface area contributed by atoms with Crippen molar-refractivity contribution in [1.82, 2.24) is 15.0 Å². The Hall–Kier alpha value is -1.62. The molecule has 0 spiro atoms. The van der Waals surface area contributed by atoms with E-state index in [-0.39, 0.29) is 10.8 Å². The van der Waals surface area contributed by atoms with E-state index in [4.69, 9.17) is 16.7 Å². The fraction of sp³-hybridized carbons (Fsp3) is 0.125. The van der Waals surface area contributed by atoms with E-state index in [1.54, 1.807) is 6.92 Å². The summed E-state index contributed by atoms with van der Waals surface area (Å²) in [6, 6.07) is 1.42. The second kappa shape index (κ2) is 2.95. The van der Waals surface area contributed by atoms with Crippen LogP contribution in [0.15, 0.2) is 6.07 Å². The highest BCUT2D eigenvalue weighted by Crippen LogP contribution is 2.20. The van der Waals surface area contributed by atoms with Gasteiger partial charge >= 0.3 is 5.97 Å². The van der Waals surface area contributed by atoms with Crippen molar-refractivity contribution in [2.45, 2.75) is 6.92 Å². The number of rotatable bonds is 1. The highest BCUT2D eigenvalue weighted by atomic mass is 35.5. The van der Waals surface area contributed by atoms with Crippen molar-refractivity contribution in [2.24, 2.45) is 0 Å². The quantitative estimate of drug-likeness (QED) is 0.703. The minimum atomic E-state index is -1.04. The van der Waals surface area contributed by atoms with Crippen LogP contribution in [0.3, 0.4) is 0 Å². The molecule has 6 heteroatoms. The molecule has 0 aliphatic carbocycles. The molecule has 0 atom stereocenters. The van der Waals surface area contributed by atoms with E-state index in [9.17, 15) is 4.79 Å². The predicted molar refractivity (Wildman–Crippen MR) is 50.6 cm³/mol. The summed E-state index contributed by atoms with van der Waals surface area (Å²) in [6.45, 7) is 1.69. The molecule has 2 N–H and O–H groups in total. The molecule has 0 aliphatic rings. The number of fused-ring (bicyclic) bond motifs is 1. The first kappa shape index (κ1) is 8.96. The van der Waals surface area contributed by atoms with Gasteiger partial charge in [-0.25, -0.2) is 14.8 Å². The van der Waals surface area contributed by atoms with E-state index in [2.05, 4.69) is 15.0 Å². The molecule has 2 heterocycles. The molecule has 0 aliphatic heterocycles. The average molecular weight is 212 g/mol. The molecule has 72 valence electrons. The standard InChI is InChI=1S/C8H6ClN3O2/c1-3-10-6(9)4-2-5(8(13)14)12-7(4)11-3/h2H,1H3,(H,13,14)(H,10,11,12). The van der Waals surface area contributed by atoms with Crippen LogP contribution in [0.5, 0.6) is 0 Å². The monoisotopic (exact) mass is 211 g/mol. The lowest BCUT2D eigenvalue weighted by Crippen LogP contribution is -1.95. The second-order valence-electron chi connectivity index (χ2n) is 2.81. The van der Waals surface area contributed by atoms with Crippen LogP contribution in [0, 0.1) is 6.92 Å². The van der Waals surface area contributed by atoms with Gasteiger partial charge in [0.15, 0.2) is 0 Å². The zero-order valence-electron chi connectivity index (χ0n) is 7.21. The number of hydrogen-bond acceptors (Lipinski definition) is 3. The van der Waals surface area contributed by atoms with Crippen molar-refractivity contribution in [3.63, 3.8) is 0 Å². The molecular weight excluding hydrogens is 206 g/mol. The molecular formula is C8H6ClN3O2. The minimum Gasteiger partial charge on any atom is -0.477 e. The number of H-pyrrole nitrogens is 1. The van der Waals surface area contributed by atoms with Crippen LogP contribution in [0.1, 0.15) is 16.3 Å². The molecule has 0 aromatic carbocycles. The van der Waals surface area contributed by atoms with Crippen LogP contribution in [-0.2, 0) is 0 Å². The van der Waals surface area contributed by atoms with Crippen LogP contribution in [0.25, 0.3) is 11.0 Å². The molecule has 14 heavy (non-hydrogen) atoms. The topological polar surface area (TPSA) is 78.9 Å². The molecule has 0 unspecified atom stereocenters. The van der Waals surface area contributed by atoms with Crippen molar-refractivity contribution in [3.05, 3.63) is 22.7 Å². The first-order valence-corrected chi connectivity index (χ1v) is 4.22. The second-order valence-corrected chi connectivity index (χ2v) is 3.17. The van der Waals surface area contributed by atoms with Crippen molar-refractivity contribution >= 4 is 28.6 Å². The number of aromatic nitrogens is 3. The molecule has 2 aromatic rings. The molecule has 0 amide bonds. The smallest absolute Gasteiger partial charge is 0.352 e. The number of hydrogen-bond donors (Lipinski definition) is 2. The van der Waals surface area contributed by atoms with E-state index in [0.29, 0.717) is 16.9 Å². The van der Waals surface area contributed by atoms with E-state index < -0.39 is 5.97 Å². The Bertz CT molecular complexity index is 521. The van der Waals surface area contributed by atoms with Crippen molar-refractivity contribution < 1.29 is 9.90 Å². The van der Waals surface area contributed by atoms with Gasteiger partial charge in [-0.2, -0.15) is 0 Å². The summed E-state index contributed by atoms with van der Waals surface area (Å²) >= 11 is 5.82. The number of carboxylic acids is 1. The maximum absolute atomic E-state index is 10.6. The molecule has 0 fully saturated rings. The Morgan fingerprint density at radius 2 is 2.29 bits per heavy atom. The predicted octanol–water partition coefficient (Wildman–Crippen LogP) is 1.62. The Balaban J connectivity index is 2.76. The summed E-state index contributed by atoms with van der Waals surface area (Å²) in [7, 11) is 0. The van der Waals surface area contributed by atoms with Gasteiger partial charge in [0.05, 0.1) is 5.39 Å². The first-order valence-electron chi connectivity index (χ1n) is 3.84. The Labute approximate surface area is 83.8 Å². The summed E-state index contributed by atoms with van der Waals surface area (Å²) < 4.78 is 0. The van der Waals surface area contributed by atoms with Crippen LogP contribution >= 0.6 is 11.6 Å². The van der Waals surface area contributed by atoms with Gasteiger partial charge < -0.3 is 10.1 Å². The third kappa shape index (κ3) is 1.31. The molecule has 0 bridgehead atoms. The highest BCUT2D eigenvalue weighted by molar-refractivity contribution is 6.34. The summed E-state index contributed by atoms with van der Waals surface area (Å²) in [5.41, 5.74) is 0.502. The summed E-state index contributed by atoms with van der Waals surface area (Å²) in [5, 5.41) is 9.51. The van der Waals surface area contributed by atoms with E-state index in [1.807, 2.05) is 0 Å². The third-order valence-corrected chi connectivity index (χ3v) is 2.07. The molecule has 5 nitrogen and oxygen atoms in total. The zero-order valence-corrected chi connectivity index (χ0v) is 7.96. The van der Waals surface area contributed by atoms with Gasteiger partial charge in [0.25, 0.3) is 0 Å². The lowest BCUT2D eigenvalue weighted by atomic mass is 10.3. The molecule has 2 aromatic heterocycles. The van der Waals surface area contributed by atoms with Gasteiger partial charge in [0, 0.05) is 0 Å². The molecule has 0 saturated carbocycles. The van der Waals surface area contributed by atoms with Crippen LogP contribution in [0.4, 0.5) is 0 Å². The third-order valence-electron chi connectivity index (χ3n) is 1.78. The minimum absolute atomic E-state index is 0.0572. The van der Waals surface area contributed by atoms with Gasteiger partial charge in [0.1, 0.15) is 22.3 Å². The number of nitrogens with zero attached hydrogens (tertiary/aromatic N) is 2. The fourth-order valence-corrected chi connectivity index (χ4v) is 1.46. The first-order chi connectivity index (χ1) is 6.58. The van der Waals surface area contributed by atoms with Gasteiger partial charge in [0.2, 0.25) is 0 Å². The largest absolute Gasteiger partial charge is 0.477 e. The van der Waals surface area contributed by atoms with Crippen molar-refractivity contribution in [1.29, 1.82) is 0 Å². The maximum atomic E-state index is 10.6. The number of halogens is 1. The Morgan fingerprint density at radius 3 is 2.93 bits per heavy atom. The Morgan fingerprint density at radius 1 is 1.57 bits per heavy atom. The fourth-order valence-electron chi connectivity index (χ4n) is 1.19. The van der Waals surface area contributed by atoms with Gasteiger partial charge in [-0.3, -0.25) is 0 Å². The number of aromatic amines is 1. The summed E-state index contributed by atoms with van der Waals surface area (Å²) in [4.78, 5) is 21.2. The summed E-state index contributed by atoms with van der Waals surface area (Å²) in [6.07, 6.45) is 0. The van der Waals surface area contributed by atoms with Gasteiger partial charge in [-0.15, -0.1) is 0 Å². The molecule has 2 rings (SSSR count). The molecule has 0 radical (unpaired) electrons. The lowest BCUT2D eigenvalue weighted by molar-refractivity contribution is 0.0691. The molecule has 0 saturated heterocycles. The van der Waals surface area contributed by atoms with Crippen molar-refractivity contribution in [2.75, 3.05) is 0 Å². The Kier molecular flexibility index (Phi) is 1.89. The number of aryl methyl sites for hydroxylation is 1. The highest BCUT2D eigenvalue weighted by Gasteiger charge is 2.11.